The summed E-state index contributed by atoms with van der Waals surface area (Å²) in [6.45, 7) is 2.58. The second-order valence-electron chi connectivity index (χ2n) is 4.20. The van der Waals surface area contributed by atoms with Gasteiger partial charge in [-0.1, -0.05) is 12.1 Å². The third-order valence-corrected chi connectivity index (χ3v) is 2.84. The largest absolute Gasteiger partial charge is 0.483 e. The number of carbonyl (C=O) groups is 2. The lowest BCUT2D eigenvalue weighted by atomic mass is 10.1. The molecular weight excluding hydrogens is 302 g/mol. The number of ether oxygens (including phenoxy) is 1. The maximum Gasteiger partial charge on any atom is 0.328 e. The van der Waals surface area contributed by atoms with E-state index in [2.05, 4.69) is 21.2 Å². The van der Waals surface area contributed by atoms with Crippen LogP contribution in [0.3, 0.4) is 0 Å². The second kappa shape index (κ2) is 5.86. The highest BCUT2D eigenvalue weighted by atomic mass is 79.9. The van der Waals surface area contributed by atoms with Gasteiger partial charge in [-0.05, 0) is 41.9 Å². The molecule has 0 heterocycles. The van der Waals surface area contributed by atoms with Crippen molar-refractivity contribution in [1.29, 1.82) is 0 Å². The third kappa shape index (κ3) is 4.03. The Kier molecular flexibility index (Phi) is 4.72. The molecule has 6 heteroatoms. The molecule has 2 N–H and O–H groups in total. The lowest BCUT2D eigenvalue weighted by molar-refractivity contribution is -0.146. The zero-order valence-corrected chi connectivity index (χ0v) is 11.7. The number of carbonyl (C=O) groups excluding carboxylic acids is 1. The zero-order chi connectivity index (χ0) is 13.8. The first-order valence-electron chi connectivity index (χ1n) is 5.24. The normalized spacial score (nSPS) is 10.8. The monoisotopic (exact) mass is 315 g/mol. The van der Waals surface area contributed by atoms with Gasteiger partial charge in [0.05, 0.1) is 4.47 Å². The fourth-order valence-electron chi connectivity index (χ4n) is 1.14. The number of hydrogen-bond acceptors (Lipinski definition) is 3. The Morgan fingerprint density at radius 2 is 2.00 bits per heavy atom. The highest BCUT2D eigenvalue weighted by Gasteiger charge is 2.28. The minimum atomic E-state index is -1.31. The van der Waals surface area contributed by atoms with Crippen LogP contribution in [0.25, 0.3) is 0 Å². The van der Waals surface area contributed by atoms with Crippen LogP contribution in [0, 0.1) is 0 Å². The lowest BCUT2D eigenvalue weighted by Gasteiger charge is -2.21. The Morgan fingerprint density at radius 3 is 2.56 bits per heavy atom. The van der Waals surface area contributed by atoms with Crippen molar-refractivity contribution >= 4 is 27.8 Å². The molecule has 1 amide bonds. The quantitative estimate of drug-likeness (QED) is 0.869. The summed E-state index contributed by atoms with van der Waals surface area (Å²) in [7, 11) is 0. The molecule has 0 unspecified atom stereocenters. The van der Waals surface area contributed by atoms with Crippen molar-refractivity contribution in [2.45, 2.75) is 19.4 Å². The Morgan fingerprint density at radius 1 is 1.39 bits per heavy atom. The molecule has 0 radical (unpaired) electrons. The van der Waals surface area contributed by atoms with E-state index in [1.807, 2.05) is 6.07 Å². The van der Waals surface area contributed by atoms with Crippen LogP contribution in [0.15, 0.2) is 28.7 Å². The minimum absolute atomic E-state index is 0.237. The molecule has 98 valence electrons. The van der Waals surface area contributed by atoms with Crippen molar-refractivity contribution in [3.05, 3.63) is 28.7 Å². The molecule has 0 saturated heterocycles. The molecule has 0 atom stereocenters. The highest BCUT2D eigenvalue weighted by Crippen LogP contribution is 2.23. The number of benzene rings is 1. The van der Waals surface area contributed by atoms with Gasteiger partial charge >= 0.3 is 5.97 Å². The Hall–Kier alpha value is -1.56. The van der Waals surface area contributed by atoms with E-state index in [1.54, 1.807) is 18.2 Å². The van der Waals surface area contributed by atoms with Crippen LogP contribution >= 0.6 is 15.9 Å². The first-order chi connectivity index (χ1) is 8.33. The number of carboxylic acid groups (broad SMARTS) is 1. The summed E-state index contributed by atoms with van der Waals surface area (Å²) >= 11 is 3.28. The zero-order valence-electron chi connectivity index (χ0n) is 10.1. The van der Waals surface area contributed by atoms with E-state index < -0.39 is 17.4 Å². The number of hydrogen-bond donors (Lipinski definition) is 2. The Labute approximate surface area is 113 Å². The predicted octanol–water partition coefficient (Wildman–Crippen LogP) is 1.81. The molecule has 0 bridgehead atoms. The first kappa shape index (κ1) is 14.5. The van der Waals surface area contributed by atoms with E-state index in [0.717, 1.165) is 4.47 Å². The Bertz CT molecular complexity index is 459. The third-order valence-electron chi connectivity index (χ3n) is 2.18. The number of rotatable bonds is 5. The van der Waals surface area contributed by atoms with E-state index in [1.165, 1.54) is 13.8 Å². The van der Waals surface area contributed by atoms with Gasteiger partial charge in [0.15, 0.2) is 6.61 Å². The van der Waals surface area contributed by atoms with Gasteiger partial charge in [0.25, 0.3) is 5.91 Å². The lowest BCUT2D eigenvalue weighted by Crippen LogP contribution is -2.51. The summed E-state index contributed by atoms with van der Waals surface area (Å²) in [5, 5.41) is 11.2. The van der Waals surface area contributed by atoms with Gasteiger partial charge < -0.3 is 15.2 Å². The Balaban J connectivity index is 2.53. The molecule has 0 aliphatic carbocycles. The summed E-state index contributed by atoms with van der Waals surface area (Å²) in [5.74, 6) is -1.06. The summed E-state index contributed by atoms with van der Waals surface area (Å²) in [6.07, 6.45) is 0. The summed E-state index contributed by atoms with van der Waals surface area (Å²) < 4.78 is 6.00. The topological polar surface area (TPSA) is 75.6 Å². The van der Waals surface area contributed by atoms with E-state index >= 15 is 0 Å². The van der Waals surface area contributed by atoms with Crippen molar-refractivity contribution < 1.29 is 19.4 Å². The fourth-order valence-corrected chi connectivity index (χ4v) is 1.54. The van der Waals surface area contributed by atoms with Crippen LogP contribution in [0.2, 0.25) is 0 Å². The molecule has 0 fully saturated rings. The van der Waals surface area contributed by atoms with Crippen molar-refractivity contribution in [2.24, 2.45) is 0 Å². The molecule has 18 heavy (non-hydrogen) atoms. The van der Waals surface area contributed by atoms with Gasteiger partial charge in [0, 0.05) is 0 Å². The second-order valence-corrected chi connectivity index (χ2v) is 5.05. The molecule has 0 aliphatic rings. The van der Waals surface area contributed by atoms with Crippen molar-refractivity contribution in [3.63, 3.8) is 0 Å². The molecule has 0 aromatic heterocycles. The minimum Gasteiger partial charge on any atom is -0.483 e. The summed E-state index contributed by atoms with van der Waals surface area (Å²) in [4.78, 5) is 22.4. The maximum absolute atomic E-state index is 11.5. The van der Waals surface area contributed by atoms with Gasteiger partial charge in [-0.3, -0.25) is 4.79 Å². The van der Waals surface area contributed by atoms with Crippen molar-refractivity contribution in [2.75, 3.05) is 6.61 Å². The van der Waals surface area contributed by atoms with E-state index in [4.69, 9.17) is 9.84 Å². The first-order valence-corrected chi connectivity index (χ1v) is 6.04. The van der Waals surface area contributed by atoms with E-state index in [-0.39, 0.29) is 6.61 Å². The van der Waals surface area contributed by atoms with Gasteiger partial charge in [-0.15, -0.1) is 0 Å². The van der Waals surface area contributed by atoms with Crippen LogP contribution in [0.1, 0.15) is 13.8 Å². The summed E-state index contributed by atoms with van der Waals surface area (Å²) in [5.41, 5.74) is -1.31. The van der Waals surface area contributed by atoms with E-state index in [9.17, 15) is 9.59 Å². The molecule has 1 aromatic carbocycles. The van der Waals surface area contributed by atoms with Crippen LogP contribution < -0.4 is 10.1 Å². The smallest absolute Gasteiger partial charge is 0.328 e. The average molecular weight is 316 g/mol. The van der Waals surface area contributed by atoms with Gasteiger partial charge in [0.2, 0.25) is 0 Å². The molecule has 0 aliphatic heterocycles. The summed E-state index contributed by atoms with van der Waals surface area (Å²) in [6, 6.07) is 7.10. The number of carboxylic acids is 1. The number of amides is 1. The van der Waals surface area contributed by atoms with Crippen LogP contribution in [0.5, 0.6) is 5.75 Å². The average Bonchev–Trinajstić information content (AvgIpc) is 2.27. The molecule has 1 aromatic rings. The molecular formula is C12H14BrNO4. The van der Waals surface area contributed by atoms with Gasteiger partial charge in [-0.25, -0.2) is 4.79 Å². The predicted molar refractivity (Wildman–Crippen MR) is 69.5 cm³/mol. The fraction of sp³-hybridized carbons (Fsp3) is 0.333. The molecule has 1 rings (SSSR count). The highest BCUT2D eigenvalue weighted by molar-refractivity contribution is 9.10. The van der Waals surface area contributed by atoms with Gasteiger partial charge in [-0.2, -0.15) is 0 Å². The standard InChI is InChI=1S/C12H14BrNO4/c1-12(2,11(16)17)14-10(15)7-18-9-6-4-3-5-8(9)13/h3-6H,7H2,1-2H3,(H,14,15)(H,16,17). The van der Waals surface area contributed by atoms with E-state index in [0.29, 0.717) is 5.75 Å². The number of aliphatic carboxylic acids is 1. The van der Waals surface area contributed by atoms with Crippen molar-refractivity contribution in [1.82, 2.24) is 5.32 Å². The van der Waals surface area contributed by atoms with Gasteiger partial charge in [0.1, 0.15) is 11.3 Å². The maximum atomic E-state index is 11.5. The van der Waals surface area contributed by atoms with Crippen LogP contribution in [-0.2, 0) is 9.59 Å². The number of halogens is 1. The van der Waals surface area contributed by atoms with Crippen LogP contribution in [0.4, 0.5) is 0 Å². The number of para-hydroxylation sites is 1. The molecule has 0 spiro atoms. The SMILES string of the molecule is CC(C)(NC(=O)COc1ccccc1Br)C(=O)O. The molecule has 0 saturated carbocycles. The van der Waals surface area contributed by atoms with Crippen LogP contribution in [-0.4, -0.2) is 29.1 Å². The number of nitrogens with one attached hydrogen (secondary N) is 1. The van der Waals surface area contributed by atoms with Crippen molar-refractivity contribution in [3.8, 4) is 5.75 Å². The molecule has 5 nitrogen and oxygen atoms in total.